The van der Waals surface area contributed by atoms with Crippen LogP contribution in [0.25, 0.3) is 0 Å². The van der Waals surface area contributed by atoms with Crippen molar-refractivity contribution in [1.29, 1.82) is 0 Å². The van der Waals surface area contributed by atoms with Gasteiger partial charge in [-0.3, -0.25) is 19.4 Å². The first-order chi connectivity index (χ1) is 15.9. The molecule has 1 aromatic rings. The molecule has 190 valence electrons. The van der Waals surface area contributed by atoms with Gasteiger partial charge in [0, 0.05) is 24.9 Å². The van der Waals surface area contributed by atoms with Crippen LogP contribution >= 0.6 is 0 Å². The molecule has 0 bridgehead atoms. The maximum Gasteiger partial charge on any atom is 0.326 e. The van der Waals surface area contributed by atoms with Gasteiger partial charge in [0.15, 0.2) is 5.96 Å². The number of nitrogens with zero attached hydrogens (tertiary/aromatic N) is 2. The molecular formula is C19H33N9O6. The molecule has 0 aliphatic heterocycles. The van der Waals surface area contributed by atoms with Crippen LogP contribution in [-0.2, 0) is 25.6 Å². The lowest BCUT2D eigenvalue weighted by molar-refractivity contribution is -0.143. The maximum atomic E-state index is 12.6. The Morgan fingerprint density at radius 2 is 1.79 bits per heavy atom. The second kappa shape index (κ2) is 13.7. The van der Waals surface area contributed by atoms with Gasteiger partial charge in [0.1, 0.15) is 18.1 Å². The summed E-state index contributed by atoms with van der Waals surface area (Å²) in [7, 11) is 0. The van der Waals surface area contributed by atoms with Gasteiger partial charge in [-0.25, -0.2) is 9.78 Å². The summed E-state index contributed by atoms with van der Waals surface area (Å²) in [5.74, 6) is -3.74. The van der Waals surface area contributed by atoms with E-state index in [-0.39, 0.29) is 31.8 Å². The Labute approximate surface area is 195 Å². The zero-order valence-electron chi connectivity index (χ0n) is 19.0. The van der Waals surface area contributed by atoms with Crippen molar-refractivity contribution in [3.05, 3.63) is 18.2 Å². The summed E-state index contributed by atoms with van der Waals surface area (Å²) in [6, 6.07) is -4.81. The zero-order valence-corrected chi connectivity index (χ0v) is 19.0. The van der Waals surface area contributed by atoms with E-state index in [1.807, 2.05) is 0 Å². The number of rotatable bonds is 14. The van der Waals surface area contributed by atoms with Crippen molar-refractivity contribution < 1.29 is 29.4 Å². The number of amides is 3. The molecule has 15 heteroatoms. The molecule has 0 spiro atoms. The van der Waals surface area contributed by atoms with Gasteiger partial charge < -0.3 is 48.3 Å². The Bertz CT molecular complexity index is 854. The second-order valence-electron chi connectivity index (χ2n) is 7.69. The Hall–Kier alpha value is -3.72. The van der Waals surface area contributed by atoms with Crippen LogP contribution in [0.3, 0.4) is 0 Å². The predicted octanol–water partition coefficient (Wildman–Crippen LogP) is -3.73. The lowest BCUT2D eigenvalue weighted by Gasteiger charge is -2.25. The van der Waals surface area contributed by atoms with E-state index in [4.69, 9.17) is 17.2 Å². The van der Waals surface area contributed by atoms with Gasteiger partial charge in [-0.1, -0.05) is 0 Å². The number of aliphatic imine (C=N–C) groups is 1. The summed E-state index contributed by atoms with van der Waals surface area (Å²) in [5, 5.41) is 26.3. The number of carbonyl (C=O) groups excluding carboxylic acids is 3. The largest absolute Gasteiger partial charge is 0.480 e. The third-order valence-corrected chi connectivity index (χ3v) is 4.71. The molecule has 5 atom stereocenters. The van der Waals surface area contributed by atoms with Crippen molar-refractivity contribution in [2.75, 3.05) is 6.54 Å². The number of hydrogen-bond acceptors (Lipinski definition) is 8. The third kappa shape index (κ3) is 9.83. The number of carboxylic acid groups (broad SMARTS) is 1. The third-order valence-electron chi connectivity index (χ3n) is 4.71. The summed E-state index contributed by atoms with van der Waals surface area (Å²) >= 11 is 0. The Morgan fingerprint density at radius 3 is 2.32 bits per heavy atom. The van der Waals surface area contributed by atoms with Crippen molar-refractivity contribution in [2.45, 2.75) is 63.4 Å². The highest BCUT2D eigenvalue weighted by molar-refractivity contribution is 5.94. The standard InChI is InChI=1S/C19H33N9O6/c1-9(26-16(31)12(20)6-11-7-23-8-25-11)15(30)28-14(10(2)29)17(32)27-13(18(33)34)4-3-5-24-19(21)22/h7-10,12-14,29H,3-6,20H2,1-2H3,(H,23,25)(H,26,31)(H,27,32)(H,28,30)(H,33,34)(H4,21,22,24). The van der Waals surface area contributed by atoms with Gasteiger partial charge in [0.05, 0.1) is 18.5 Å². The number of H-pyrrole nitrogens is 1. The molecule has 0 aromatic carbocycles. The monoisotopic (exact) mass is 483 g/mol. The first kappa shape index (κ1) is 28.3. The number of aliphatic hydroxyl groups is 1. The normalized spacial score (nSPS) is 15.2. The van der Waals surface area contributed by atoms with E-state index in [9.17, 15) is 29.4 Å². The highest BCUT2D eigenvalue weighted by Gasteiger charge is 2.31. The minimum Gasteiger partial charge on any atom is -0.480 e. The van der Waals surface area contributed by atoms with Crippen molar-refractivity contribution in [1.82, 2.24) is 25.9 Å². The molecule has 0 saturated carbocycles. The number of aromatic amines is 1. The zero-order chi connectivity index (χ0) is 25.8. The number of hydrogen-bond donors (Lipinski definition) is 9. The van der Waals surface area contributed by atoms with E-state index in [0.29, 0.717) is 5.69 Å². The van der Waals surface area contributed by atoms with E-state index in [1.165, 1.54) is 26.4 Å². The highest BCUT2D eigenvalue weighted by atomic mass is 16.4. The van der Waals surface area contributed by atoms with Crippen LogP contribution < -0.4 is 33.2 Å². The van der Waals surface area contributed by atoms with Gasteiger partial charge in [-0.2, -0.15) is 0 Å². The van der Waals surface area contributed by atoms with Crippen LogP contribution in [0.15, 0.2) is 17.5 Å². The number of aromatic nitrogens is 2. The molecule has 0 aliphatic rings. The van der Waals surface area contributed by atoms with Crippen LogP contribution in [0.4, 0.5) is 0 Å². The molecule has 0 saturated heterocycles. The molecule has 0 aliphatic carbocycles. The molecule has 0 fully saturated rings. The molecule has 0 radical (unpaired) electrons. The molecule has 15 nitrogen and oxygen atoms in total. The number of nitrogens with two attached hydrogens (primary N) is 3. The van der Waals surface area contributed by atoms with E-state index in [1.54, 1.807) is 0 Å². The van der Waals surface area contributed by atoms with Gasteiger partial charge in [-0.15, -0.1) is 0 Å². The second-order valence-corrected chi connectivity index (χ2v) is 7.69. The highest BCUT2D eigenvalue weighted by Crippen LogP contribution is 2.03. The fourth-order valence-corrected chi connectivity index (χ4v) is 2.82. The smallest absolute Gasteiger partial charge is 0.326 e. The average Bonchev–Trinajstić information content (AvgIpc) is 3.25. The minimum absolute atomic E-state index is 0.0129. The van der Waals surface area contributed by atoms with Gasteiger partial charge in [0.25, 0.3) is 0 Å². The van der Waals surface area contributed by atoms with Crippen molar-refractivity contribution >= 4 is 29.7 Å². The van der Waals surface area contributed by atoms with Crippen molar-refractivity contribution in [3.63, 3.8) is 0 Å². The molecule has 34 heavy (non-hydrogen) atoms. The number of carboxylic acids is 1. The molecule has 12 N–H and O–H groups in total. The summed E-state index contributed by atoms with van der Waals surface area (Å²) in [5.41, 5.74) is 16.9. The molecule has 1 heterocycles. The molecule has 1 aromatic heterocycles. The van der Waals surface area contributed by atoms with Crippen molar-refractivity contribution in [3.8, 4) is 0 Å². The van der Waals surface area contributed by atoms with Crippen LogP contribution in [0.5, 0.6) is 0 Å². The first-order valence-corrected chi connectivity index (χ1v) is 10.5. The number of aliphatic carboxylic acids is 1. The summed E-state index contributed by atoms with van der Waals surface area (Å²) in [4.78, 5) is 59.2. The van der Waals surface area contributed by atoms with E-state index >= 15 is 0 Å². The fourth-order valence-electron chi connectivity index (χ4n) is 2.82. The summed E-state index contributed by atoms with van der Waals surface area (Å²) < 4.78 is 0. The lowest BCUT2D eigenvalue weighted by Crippen LogP contribution is -2.59. The van der Waals surface area contributed by atoms with Crippen molar-refractivity contribution in [2.24, 2.45) is 22.2 Å². The Kier molecular flexibility index (Phi) is 11.4. The van der Waals surface area contributed by atoms with Gasteiger partial charge in [0.2, 0.25) is 17.7 Å². The Morgan fingerprint density at radius 1 is 1.12 bits per heavy atom. The van der Waals surface area contributed by atoms with E-state index < -0.39 is 54.0 Å². The predicted molar refractivity (Wildman–Crippen MR) is 121 cm³/mol. The molecular weight excluding hydrogens is 450 g/mol. The van der Waals surface area contributed by atoms with E-state index in [2.05, 4.69) is 30.9 Å². The number of carbonyl (C=O) groups is 4. The number of nitrogens with one attached hydrogen (secondary N) is 4. The van der Waals surface area contributed by atoms with Crippen LogP contribution in [-0.4, -0.2) is 86.6 Å². The first-order valence-electron chi connectivity index (χ1n) is 10.5. The van der Waals surface area contributed by atoms with Gasteiger partial charge >= 0.3 is 5.97 Å². The average molecular weight is 484 g/mol. The number of guanidine groups is 1. The number of imidazole rings is 1. The summed E-state index contributed by atoms with van der Waals surface area (Å²) in [6.45, 7) is 2.79. The maximum absolute atomic E-state index is 12.6. The van der Waals surface area contributed by atoms with Crippen LogP contribution in [0, 0.1) is 0 Å². The molecule has 1 rings (SSSR count). The Balaban J connectivity index is 2.67. The molecule has 3 amide bonds. The summed E-state index contributed by atoms with van der Waals surface area (Å²) in [6.07, 6.45) is 2.04. The quantitative estimate of drug-likeness (QED) is 0.0709. The van der Waals surface area contributed by atoms with E-state index in [0.717, 1.165) is 0 Å². The SMILES string of the molecule is CC(NC(=O)C(N)Cc1cnc[nH]1)C(=O)NC(C(=O)NC(CCCN=C(N)N)C(=O)O)C(C)O. The molecule has 5 unspecified atom stereocenters. The lowest BCUT2D eigenvalue weighted by atomic mass is 10.1. The van der Waals surface area contributed by atoms with Gasteiger partial charge in [-0.05, 0) is 26.7 Å². The van der Waals surface area contributed by atoms with Crippen LogP contribution in [0.2, 0.25) is 0 Å². The minimum atomic E-state index is -1.47. The fraction of sp³-hybridized carbons (Fsp3) is 0.579. The topological polar surface area (TPSA) is 264 Å². The van der Waals surface area contributed by atoms with Crippen LogP contribution in [0.1, 0.15) is 32.4 Å². The number of aliphatic hydroxyl groups excluding tert-OH is 1.